The lowest BCUT2D eigenvalue weighted by atomic mass is 9.72. The third-order valence-corrected chi connectivity index (χ3v) is 8.50. The molecule has 9 heteroatoms. The maximum Gasteiger partial charge on any atom is 0.336 e. The molecule has 1 aromatic heterocycles. The Labute approximate surface area is 226 Å². The summed E-state index contributed by atoms with van der Waals surface area (Å²) in [4.78, 5) is 28.7. The lowest BCUT2D eigenvalue weighted by molar-refractivity contribution is -0.142. The molecular weight excluding hydrogens is 506 g/mol. The van der Waals surface area contributed by atoms with Crippen LogP contribution in [0.2, 0.25) is 0 Å². The number of methoxy groups -OCH3 is 3. The number of hydrogen-bond donors (Lipinski definition) is 1. The SMILES string of the molecule is COc1ccc(C2C(C(=O)OCC3CCCO3)=C(C)NC3=C2C(=O)CC(c2cccs2)C3)c(OC)c1OC. The van der Waals surface area contributed by atoms with Crippen LogP contribution in [0.4, 0.5) is 0 Å². The Morgan fingerprint density at radius 1 is 1.11 bits per heavy atom. The Morgan fingerprint density at radius 3 is 2.58 bits per heavy atom. The maximum atomic E-state index is 13.9. The molecule has 2 aliphatic heterocycles. The topological polar surface area (TPSA) is 92.3 Å². The number of carbonyl (C=O) groups excluding carboxylic acids is 2. The first kappa shape index (κ1) is 26.3. The average molecular weight is 540 g/mol. The summed E-state index contributed by atoms with van der Waals surface area (Å²) in [7, 11) is 4.63. The van der Waals surface area contributed by atoms with Crippen LogP contribution < -0.4 is 19.5 Å². The van der Waals surface area contributed by atoms with Crippen LogP contribution in [0.15, 0.2) is 52.2 Å². The van der Waals surface area contributed by atoms with Gasteiger partial charge in [0.25, 0.3) is 0 Å². The molecule has 1 aromatic carbocycles. The number of ether oxygens (including phenoxy) is 5. The van der Waals surface area contributed by atoms with Gasteiger partial charge in [0.2, 0.25) is 5.75 Å². The first-order valence-electron chi connectivity index (χ1n) is 12.8. The Bertz CT molecular complexity index is 1270. The number of Topliss-reactive ketones (excluding diaryl/α,β-unsaturated/α-hetero) is 1. The van der Waals surface area contributed by atoms with Gasteiger partial charge in [0.1, 0.15) is 6.61 Å². The van der Waals surface area contributed by atoms with Crippen molar-refractivity contribution in [3.8, 4) is 17.2 Å². The molecule has 202 valence electrons. The lowest BCUT2D eigenvalue weighted by Crippen LogP contribution is -2.36. The molecule has 1 saturated heterocycles. The molecule has 1 fully saturated rings. The van der Waals surface area contributed by atoms with Gasteiger partial charge in [0, 0.05) is 46.4 Å². The van der Waals surface area contributed by atoms with E-state index < -0.39 is 11.9 Å². The molecule has 8 nitrogen and oxygen atoms in total. The zero-order chi connectivity index (χ0) is 26.8. The molecule has 1 aliphatic carbocycles. The molecule has 0 spiro atoms. The van der Waals surface area contributed by atoms with Crippen LogP contribution in [0.3, 0.4) is 0 Å². The van der Waals surface area contributed by atoms with E-state index in [0.29, 0.717) is 59.1 Å². The van der Waals surface area contributed by atoms with Crippen molar-refractivity contribution in [2.24, 2.45) is 0 Å². The highest BCUT2D eigenvalue weighted by Crippen LogP contribution is 2.51. The number of benzene rings is 1. The van der Waals surface area contributed by atoms with Crippen molar-refractivity contribution in [3.05, 3.63) is 62.6 Å². The van der Waals surface area contributed by atoms with Crippen molar-refractivity contribution in [3.63, 3.8) is 0 Å². The monoisotopic (exact) mass is 539 g/mol. The smallest absolute Gasteiger partial charge is 0.336 e. The summed E-state index contributed by atoms with van der Waals surface area (Å²) in [5.74, 6) is 0.223. The quantitative estimate of drug-likeness (QED) is 0.476. The van der Waals surface area contributed by atoms with E-state index in [4.69, 9.17) is 23.7 Å². The molecule has 3 unspecified atom stereocenters. The van der Waals surface area contributed by atoms with Gasteiger partial charge in [-0.15, -0.1) is 11.3 Å². The molecule has 0 saturated carbocycles. The van der Waals surface area contributed by atoms with Crippen molar-refractivity contribution >= 4 is 23.1 Å². The van der Waals surface area contributed by atoms with E-state index in [1.54, 1.807) is 31.6 Å². The molecule has 5 rings (SSSR count). The maximum absolute atomic E-state index is 13.9. The van der Waals surface area contributed by atoms with Crippen LogP contribution in [0, 0.1) is 0 Å². The fourth-order valence-electron chi connectivity index (χ4n) is 5.72. The standard InChI is InChI=1S/C29H33NO7S/c1-16-24(29(32)37-15-18-7-5-11-36-18)25(19-9-10-22(33-2)28(35-4)27(19)34-3)26-20(30-16)13-17(14-21(26)31)23-8-6-12-38-23/h6,8-10,12,17-18,25,30H,5,7,11,13-15H2,1-4H3. The number of dihydropyridines is 1. The molecule has 2 aromatic rings. The Balaban J connectivity index is 1.60. The largest absolute Gasteiger partial charge is 0.493 e. The molecule has 1 N–H and O–H groups in total. The number of ketones is 1. The number of rotatable bonds is 8. The number of thiophene rings is 1. The van der Waals surface area contributed by atoms with Gasteiger partial charge in [-0.2, -0.15) is 0 Å². The summed E-state index contributed by atoms with van der Waals surface area (Å²) in [5, 5.41) is 5.43. The second kappa shape index (κ2) is 11.2. The molecule has 0 amide bonds. The fourth-order valence-corrected chi connectivity index (χ4v) is 6.55. The predicted molar refractivity (Wildman–Crippen MR) is 143 cm³/mol. The van der Waals surface area contributed by atoms with E-state index in [0.717, 1.165) is 18.5 Å². The summed E-state index contributed by atoms with van der Waals surface area (Å²) >= 11 is 1.66. The van der Waals surface area contributed by atoms with E-state index in [1.807, 2.05) is 24.4 Å². The van der Waals surface area contributed by atoms with Gasteiger partial charge in [0.05, 0.1) is 38.9 Å². The third kappa shape index (κ3) is 4.80. The minimum Gasteiger partial charge on any atom is -0.493 e. The Morgan fingerprint density at radius 2 is 1.92 bits per heavy atom. The molecule has 0 radical (unpaired) electrons. The van der Waals surface area contributed by atoms with Gasteiger partial charge in [-0.05, 0) is 43.7 Å². The number of carbonyl (C=O) groups is 2. The van der Waals surface area contributed by atoms with Crippen LogP contribution in [-0.4, -0.2) is 52.4 Å². The average Bonchev–Trinajstić information content (AvgIpc) is 3.64. The highest BCUT2D eigenvalue weighted by molar-refractivity contribution is 7.10. The highest BCUT2D eigenvalue weighted by atomic mass is 32.1. The van der Waals surface area contributed by atoms with Gasteiger partial charge in [0.15, 0.2) is 17.3 Å². The van der Waals surface area contributed by atoms with E-state index >= 15 is 0 Å². The number of allylic oxidation sites excluding steroid dienone is 3. The number of nitrogens with one attached hydrogen (secondary N) is 1. The molecule has 3 aliphatic rings. The minimum atomic E-state index is -0.685. The molecular formula is C29H33NO7S. The fraction of sp³-hybridized carbons (Fsp3) is 0.448. The van der Waals surface area contributed by atoms with Crippen molar-refractivity contribution in [1.82, 2.24) is 5.32 Å². The molecule has 0 bridgehead atoms. The summed E-state index contributed by atoms with van der Waals surface area (Å²) in [6.45, 7) is 2.70. The van der Waals surface area contributed by atoms with Gasteiger partial charge < -0.3 is 29.0 Å². The van der Waals surface area contributed by atoms with Crippen molar-refractivity contribution in [1.29, 1.82) is 0 Å². The number of hydrogen-bond acceptors (Lipinski definition) is 9. The zero-order valence-corrected chi connectivity index (χ0v) is 22.9. The van der Waals surface area contributed by atoms with Crippen molar-refractivity contribution in [2.75, 3.05) is 34.5 Å². The van der Waals surface area contributed by atoms with E-state index in [2.05, 4.69) is 11.4 Å². The van der Waals surface area contributed by atoms with Crippen LogP contribution in [0.25, 0.3) is 0 Å². The van der Waals surface area contributed by atoms with Crippen LogP contribution in [-0.2, 0) is 19.1 Å². The first-order chi connectivity index (χ1) is 18.5. The first-order valence-corrected chi connectivity index (χ1v) is 13.7. The highest BCUT2D eigenvalue weighted by Gasteiger charge is 2.43. The Kier molecular flexibility index (Phi) is 7.76. The molecule has 38 heavy (non-hydrogen) atoms. The molecule has 3 heterocycles. The van der Waals surface area contributed by atoms with Crippen LogP contribution >= 0.6 is 11.3 Å². The summed E-state index contributed by atoms with van der Waals surface area (Å²) in [5.41, 5.74) is 3.08. The van der Waals surface area contributed by atoms with E-state index in [1.165, 1.54) is 12.0 Å². The van der Waals surface area contributed by atoms with Crippen LogP contribution in [0.5, 0.6) is 17.2 Å². The lowest BCUT2D eigenvalue weighted by Gasteiger charge is -2.37. The Hall–Kier alpha value is -3.30. The molecule has 3 atom stereocenters. The van der Waals surface area contributed by atoms with Crippen molar-refractivity contribution in [2.45, 2.75) is 50.5 Å². The van der Waals surface area contributed by atoms with Gasteiger partial charge >= 0.3 is 5.97 Å². The number of esters is 1. The summed E-state index contributed by atoms with van der Waals surface area (Å²) in [6.07, 6.45) is 2.73. The second-order valence-electron chi connectivity index (χ2n) is 9.69. The van der Waals surface area contributed by atoms with Gasteiger partial charge in [-0.3, -0.25) is 4.79 Å². The van der Waals surface area contributed by atoms with Gasteiger partial charge in [-0.1, -0.05) is 12.1 Å². The predicted octanol–water partition coefficient (Wildman–Crippen LogP) is 4.86. The summed E-state index contributed by atoms with van der Waals surface area (Å²) < 4.78 is 28.4. The van der Waals surface area contributed by atoms with Crippen LogP contribution in [0.1, 0.15) is 54.9 Å². The zero-order valence-electron chi connectivity index (χ0n) is 22.1. The second-order valence-corrected chi connectivity index (χ2v) is 10.7. The van der Waals surface area contributed by atoms with Crippen molar-refractivity contribution < 1.29 is 33.3 Å². The normalized spacial score (nSPS) is 23.2. The van der Waals surface area contributed by atoms with Gasteiger partial charge in [-0.25, -0.2) is 4.79 Å². The summed E-state index contributed by atoms with van der Waals surface area (Å²) in [6, 6.07) is 7.68. The minimum absolute atomic E-state index is 0.00378. The van der Waals surface area contributed by atoms with E-state index in [-0.39, 0.29) is 24.4 Å². The van der Waals surface area contributed by atoms with E-state index in [9.17, 15) is 9.59 Å². The third-order valence-electron chi connectivity index (χ3n) is 7.46.